The monoisotopic (exact) mass is 428 g/mol. The number of hydrogen-bond acceptors (Lipinski definition) is 3. The summed E-state index contributed by atoms with van der Waals surface area (Å²) in [7, 11) is 0. The van der Waals surface area contributed by atoms with E-state index in [0.717, 1.165) is 35.0 Å². The second-order valence-electron chi connectivity index (χ2n) is 8.08. The second-order valence-corrected chi connectivity index (χ2v) is 9.00. The van der Waals surface area contributed by atoms with Gasteiger partial charge >= 0.3 is 0 Å². The van der Waals surface area contributed by atoms with E-state index in [9.17, 15) is 5.11 Å². The third-order valence-electron chi connectivity index (χ3n) is 5.13. The Labute approximate surface area is 171 Å². The summed E-state index contributed by atoms with van der Waals surface area (Å²) in [5.74, 6) is 0.843. The average Bonchev–Trinajstić information content (AvgIpc) is 2.62. The molecule has 1 heterocycles. The Morgan fingerprint density at radius 3 is 2.56 bits per heavy atom. The molecule has 0 spiro atoms. The van der Waals surface area contributed by atoms with Gasteiger partial charge in [0.05, 0.1) is 0 Å². The van der Waals surface area contributed by atoms with Gasteiger partial charge in [0.25, 0.3) is 0 Å². The summed E-state index contributed by atoms with van der Waals surface area (Å²) in [5, 5.41) is 14.2. The lowest BCUT2D eigenvalue weighted by molar-refractivity contribution is 0.257. The van der Waals surface area contributed by atoms with Gasteiger partial charge in [0.1, 0.15) is 11.4 Å². The number of hydrogen-bond donors (Lipinski definition) is 2. The van der Waals surface area contributed by atoms with Crippen molar-refractivity contribution in [2.75, 3.05) is 0 Å². The van der Waals surface area contributed by atoms with Gasteiger partial charge in [-0.2, -0.15) is 0 Å². The molecule has 1 aliphatic rings. The lowest BCUT2D eigenvalue weighted by atomic mass is 9.89. The maximum absolute atomic E-state index is 10.5. The standard InChI is InChI=1S/C23H29BrN2O/c1-5-16-6-8-17(9-7-16)20-13-21(19-12-18(24)10-11-22(19)27)26-23(4,25-20)14-15(2)3/h6-12,15,21,26-27H,5,13-14H2,1-4H3/t21-,23-/m1/s1. The minimum Gasteiger partial charge on any atom is -0.508 e. The number of benzene rings is 2. The van der Waals surface area contributed by atoms with Crippen molar-refractivity contribution in [3.05, 3.63) is 63.6 Å². The van der Waals surface area contributed by atoms with Gasteiger partial charge in [-0.1, -0.05) is 61.0 Å². The Hall–Kier alpha value is -1.65. The van der Waals surface area contributed by atoms with Gasteiger partial charge in [-0.25, -0.2) is 0 Å². The first-order valence-corrected chi connectivity index (χ1v) is 10.5. The van der Waals surface area contributed by atoms with Gasteiger partial charge in [0.15, 0.2) is 0 Å². The van der Waals surface area contributed by atoms with E-state index in [1.807, 2.05) is 12.1 Å². The summed E-state index contributed by atoms with van der Waals surface area (Å²) >= 11 is 3.54. The van der Waals surface area contributed by atoms with Crippen LogP contribution in [0.15, 0.2) is 51.9 Å². The first kappa shape index (κ1) is 20.1. The maximum Gasteiger partial charge on any atom is 0.120 e. The van der Waals surface area contributed by atoms with Crippen LogP contribution in [-0.4, -0.2) is 16.5 Å². The van der Waals surface area contributed by atoms with Crippen LogP contribution in [0, 0.1) is 5.92 Å². The molecule has 2 aromatic carbocycles. The minimum absolute atomic E-state index is 0.0181. The molecule has 4 heteroatoms. The van der Waals surface area contributed by atoms with E-state index >= 15 is 0 Å². The van der Waals surface area contributed by atoms with Crippen LogP contribution in [-0.2, 0) is 6.42 Å². The highest BCUT2D eigenvalue weighted by Crippen LogP contribution is 2.36. The van der Waals surface area contributed by atoms with Gasteiger partial charge < -0.3 is 5.11 Å². The molecule has 0 saturated carbocycles. The molecule has 27 heavy (non-hydrogen) atoms. The van der Waals surface area contributed by atoms with Crippen LogP contribution in [0.5, 0.6) is 5.75 Å². The summed E-state index contributed by atoms with van der Waals surface area (Å²) in [5.41, 5.74) is 4.16. The molecule has 2 N–H and O–H groups in total. The van der Waals surface area contributed by atoms with Gasteiger partial charge in [0, 0.05) is 28.2 Å². The lowest BCUT2D eigenvalue weighted by Crippen LogP contribution is -2.48. The van der Waals surface area contributed by atoms with E-state index in [0.29, 0.717) is 11.7 Å². The van der Waals surface area contributed by atoms with Crippen LogP contribution in [0.3, 0.4) is 0 Å². The zero-order chi connectivity index (χ0) is 19.6. The third kappa shape index (κ3) is 4.80. The Balaban J connectivity index is 2.01. The van der Waals surface area contributed by atoms with Gasteiger partial charge in [-0.15, -0.1) is 0 Å². The summed E-state index contributed by atoms with van der Waals surface area (Å²) < 4.78 is 0.971. The van der Waals surface area contributed by atoms with Crippen molar-refractivity contribution in [1.29, 1.82) is 0 Å². The summed E-state index contributed by atoms with van der Waals surface area (Å²) in [6.45, 7) is 8.77. The smallest absolute Gasteiger partial charge is 0.120 e. The normalized spacial score (nSPS) is 22.7. The molecule has 3 nitrogen and oxygen atoms in total. The fraction of sp³-hybridized carbons (Fsp3) is 0.435. The molecular weight excluding hydrogens is 400 g/mol. The molecule has 0 aliphatic carbocycles. The number of phenols is 1. The number of phenolic OH excluding ortho intramolecular Hbond substituents is 1. The van der Waals surface area contributed by atoms with E-state index in [4.69, 9.17) is 4.99 Å². The number of aromatic hydroxyl groups is 1. The largest absolute Gasteiger partial charge is 0.508 e. The van der Waals surface area contributed by atoms with Crippen LogP contribution in [0.25, 0.3) is 0 Å². The van der Waals surface area contributed by atoms with Crippen molar-refractivity contribution >= 4 is 21.6 Å². The number of aryl methyl sites for hydroxylation is 1. The first-order valence-electron chi connectivity index (χ1n) is 9.74. The topological polar surface area (TPSA) is 44.6 Å². The Kier molecular flexibility index (Phi) is 6.07. The molecule has 0 saturated heterocycles. The van der Waals surface area contributed by atoms with Crippen molar-refractivity contribution in [1.82, 2.24) is 5.32 Å². The van der Waals surface area contributed by atoms with Crippen LogP contribution >= 0.6 is 15.9 Å². The van der Waals surface area contributed by atoms with E-state index in [-0.39, 0.29) is 11.7 Å². The number of aliphatic imine (C=N–C) groups is 1. The molecular formula is C23H29BrN2O. The van der Waals surface area contributed by atoms with E-state index in [2.05, 4.69) is 73.2 Å². The number of nitrogens with zero attached hydrogens (tertiary/aromatic N) is 1. The molecule has 0 bridgehead atoms. The molecule has 2 aromatic rings. The van der Waals surface area contributed by atoms with Crippen LogP contribution < -0.4 is 5.32 Å². The van der Waals surface area contributed by atoms with Crippen molar-refractivity contribution in [2.24, 2.45) is 10.9 Å². The highest BCUT2D eigenvalue weighted by atomic mass is 79.9. The Morgan fingerprint density at radius 1 is 1.22 bits per heavy atom. The average molecular weight is 429 g/mol. The van der Waals surface area contributed by atoms with Crippen LogP contribution in [0.4, 0.5) is 0 Å². The molecule has 0 amide bonds. The van der Waals surface area contributed by atoms with Gasteiger partial charge in [-0.05, 0) is 55.0 Å². The first-order chi connectivity index (χ1) is 12.8. The molecule has 0 aromatic heterocycles. The van der Waals surface area contributed by atoms with Gasteiger partial charge in [-0.3, -0.25) is 10.3 Å². The number of halogens is 1. The molecule has 0 radical (unpaired) electrons. The fourth-order valence-electron chi connectivity index (χ4n) is 4.00. The van der Waals surface area contributed by atoms with Crippen molar-refractivity contribution in [2.45, 2.75) is 58.7 Å². The predicted octanol–water partition coefficient (Wildman–Crippen LogP) is 6.00. The highest BCUT2D eigenvalue weighted by molar-refractivity contribution is 9.10. The SMILES string of the molecule is CCc1ccc(C2=N[C@@](C)(CC(C)C)N[C@@H](c3cc(Br)ccc3O)C2)cc1. The van der Waals surface area contributed by atoms with Gasteiger partial charge in [0.2, 0.25) is 0 Å². The Morgan fingerprint density at radius 2 is 1.93 bits per heavy atom. The Bertz CT molecular complexity index is 829. The number of rotatable bonds is 5. The fourth-order valence-corrected chi connectivity index (χ4v) is 4.38. The number of nitrogens with one attached hydrogen (secondary N) is 1. The van der Waals surface area contributed by atoms with Crippen molar-refractivity contribution in [3.63, 3.8) is 0 Å². The summed E-state index contributed by atoms with van der Waals surface area (Å²) in [6.07, 6.45) is 2.73. The highest BCUT2D eigenvalue weighted by Gasteiger charge is 2.35. The molecule has 0 unspecified atom stereocenters. The molecule has 1 aliphatic heterocycles. The van der Waals surface area contributed by atoms with Crippen LogP contribution in [0.2, 0.25) is 0 Å². The maximum atomic E-state index is 10.5. The predicted molar refractivity (Wildman–Crippen MR) is 117 cm³/mol. The van der Waals surface area contributed by atoms with E-state index in [1.54, 1.807) is 6.07 Å². The quantitative estimate of drug-likeness (QED) is 0.612. The summed E-state index contributed by atoms with van der Waals surface area (Å²) in [6, 6.07) is 14.4. The second kappa shape index (κ2) is 8.15. The lowest BCUT2D eigenvalue weighted by Gasteiger charge is -2.39. The van der Waals surface area contributed by atoms with Crippen LogP contribution in [0.1, 0.15) is 63.3 Å². The zero-order valence-corrected chi connectivity index (χ0v) is 18.2. The van der Waals surface area contributed by atoms with E-state index < -0.39 is 0 Å². The zero-order valence-electron chi connectivity index (χ0n) is 16.6. The summed E-state index contributed by atoms with van der Waals surface area (Å²) in [4.78, 5) is 5.12. The third-order valence-corrected chi connectivity index (χ3v) is 5.62. The van der Waals surface area contributed by atoms with E-state index in [1.165, 1.54) is 11.1 Å². The molecule has 2 atom stereocenters. The van der Waals surface area contributed by atoms with Crippen molar-refractivity contribution in [3.8, 4) is 5.75 Å². The van der Waals surface area contributed by atoms with Crippen molar-refractivity contribution < 1.29 is 5.11 Å². The molecule has 0 fully saturated rings. The minimum atomic E-state index is -0.357. The molecule has 3 rings (SSSR count). The molecule has 144 valence electrons.